The van der Waals surface area contributed by atoms with Crippen LogP contribution in [0.5, 0.6) is 0 Å². The van der Waals surface area contributed by atoms with Gasteiger partial charge in [0.05, 0.1) is 10.6 Å². The molecule has 0 aliphatic carbocycles. The molecular formula is C19H21N3O4S. The molecule has 0 saturated heterocycles. The minimum absolute atomic E-state index is 0.0154. The summed E-state index contributed by atoms with van der Waals surface area (Å²) in [5.74, 6) is -1.15. The van der Waals surface area contributed by atoms with Crippen molar-refractivity contribution in [1.82, 2.24) is 4.90 Å². The second-order valence-electron chi connectivity index (χ2n) is 6.45. The summed E-state index contributed by atoms with van der Waals surface area (Å²) < 4.78 is 24.4. The summed E-state index contributed by atoms with van der Waals surface area (Å²) in [4.78, 5) is 25.7. The molecule has 3 rings (SSSR count). The fourth-order valence-electron chi connectivity index (χ4n) is 2.96. The minimum Gasteiger partial charge on any atom is -0.324 e. The predicted octanol–water partition coefficient (Wildman–Crippen LogP) is 2.77. The van der Waals surface area contributed by atoms with E-state index in [1.165, 1.54) is 12.1 Å². The zero-order valence-corrected chi connectivity index (χ0v) is 16.0. The number of urea groups is 1. The number of nitrogens with zero attached hydrogens (tertiary/aromatic N) is 1. The van der Waals surface area contributed by atoms with Gasteiger partial charge in [0.25, 0.3) is 0 Å². The smallest absolute Gasteiger partial charge is 0.322 e. The van der Waals surface area contributed by atoms with E-state index < -0.39 is 21.5 Å². The summed E-state index contributed by atoms with van der Waals surface area (Å²) in [7, 11) is -3.71. The fraction of sp³-hybridized carbons (Fsp3) is 0.263. The van der Waals surface area contributed by atoms with Crippen LogP contribution in [-0.2, 0) is 21.2 Å². The third kappa shape index (κ3) is 4.28. The number of carbonyl (C=O) groups excluding carboxylic acids is 2. The van der Waals surface area contributed by atoms with Gasteiger partial charge < -0.3 is 15.5 Å². The van der Waals surface area contributed by atoms with Gasteiger partial charge in [0.15, 0.2) is 9.84 Å². The van der Waals surface area contributed by atoms with Crippen LogP contribution in [0.3, 0.4) is 0 Å². The highest BCUT2D eigenvalue weighted by Crippen LogP contribution is 2.29. The highest BCUT2D eigenvalue weighted by molar-refractivity contribution is 7.92. The fourth-order valence-corrected chi connectivity index (χ4v) is 4.29. The first kappa shape index (κ1) is 18.9. The second kappa shape index (κ2) is 7.40. The van der Waals surface area contributed by atoms with Crippen molar-refractivity contribution in [3.63, 3.8) is 0 Å². The first-order valence-electron chi connectivity index (χ1n) is 8.56. The SMILES string of the molecule is CCN(Cc1cccc(C)c1)C(=O)Nc1ccc2c(c1)S(=O)(=O)CC(=O)N2. The molecule has 1 aliphatic heterocycles. The van der Waals surface area contributed by atoms with Crippen molar-refractivity contribution in [3.8, 4) is 0 Å². The van der Waals surface area contributed by atoms with Crippen molar-refractivity contribution in [2.45, 2.75) is 25.3 Å². The molecule has 2 N–H and O–H groups in total. The van der Waals surface area contributed by atoms with Gasteiger partial charge in [-0.1, -0.05) is 29.8 Å². The zero-order chi connectivity index (χ0) is 19.6. The van der Waals surface area contributed by atoms with Gasteiger partial charge in [-0.05, 0) is 37.6 Å². The molecule has 0 unspecified atom stereocenters. The Labute approximate surface area is 158 Å². The first-order valence-corrected chi connectivity index (χ1v) is 10.2. The molecule has 27 heavy (non-hydrogen) atoms. The monoisotopic (exact) mass is 387 g/mol. The standard InChI is InChI=1S/C19H21N3O4S/c1-3-22(11-14-6-4-5-13(2)9-14)19(24)20-15-7-8-16-17(10-15)27(25,26)12-18(23)21-16/h4-10H,3,11-12H2,1-2H3,(H,20,24)(H,21,23). The zero-order valence-electron chi connectivity index (χ0n) is 15.2. The molecule has 7 nitrogen and oxygen atoms in total. The number of carbonyl (C=O) groups is 2. The van der Waals surface area contributed by atoms with Crippen molar-refractivity contribution in [3.05, 3.63) is 53.6 Å². The van der Waals surface area contributed by atoms with Crippen LogP contribution in [0.4, 0.5) is 16.2 Å². The topological polar surface area (TPSA) is 95.6 Å². The molecule has 0 fully saturated rings. The normalized spacial score (nSPS) is 14.8. The number of anilines is 2. The van der Waals surface area contributed by atoms with Gasteiger partial charge in [0.1, 0.15) is 5.75 Å². The van der Waals surface area contributed by atoms with Crippen LogP contribution in [0.1, 0.15) is 18.1 Å². The summed E-state index contributed by atoms with van der Waals surface area (Å²) >= 11 is 0. The molecule has 0 atom stereocenters. The molecule has 0 spiro atoms. The van der Waals surface area contributed by atoms with Crippen molar-refractivity contribution >= 4 is 33.2 Å². The Morgan fingerprint density at radius 2 is 2.00 bits per heavy atom. The van der Waals surface area contributed by atoms with Gasteiger partial charge in [-0.3, -0.25) is 4.79 Å². The van der Waals surface area contributed by atoms with Crippen LogP contribution in [0, 0.1) is 6.92 Å². The van der Waals surface area contributed by atoms with Crippen LogP contribution >= 0.6 is 0 Å². The summed E-state index contributed by atoms with van der Waals surface area (Å²) in [6.45, 7) is 4.82. The average molecular weight is 387 g/mol. The Bertz CT molecular complexity index is 1000. The molecule has 1 heterocycles. The molecule has 0 saturated carbocycles. The molecule has 142 valence electrons. The van der Waals surface area contributed by atoms with Crippen LogP contribution in [0.2, 0.25) is 0 Å². The van der Waals surface area contributed by atoms with E-state index in [-0.39, 0.29) is 16.6 Å². The molecule has 0 aromatic heterocycles. The molecule has 3 amide bonds. The molecule has 0 bridgehead atoms. The number of rotatable bonds is 4. The van der Waals surface area contributed by atoms with E-state index in [1.54, 1.807) is 11.0 Å². The van der Waals surface area contributed by atoms with Gasteiger partial charge >= 0.3 is 6.03 Å². The third-order valence-corrected chi connectivity index (χ3v) is 5.94. The molecule has 8 heteroatoms. The predicted molar refractivity (Wildman–Crippen MR) is 103 cm³/mol. The largest absolute Gasteiger partial charge is 0.324 e. The molecule has 1 aliphatic rings. The minimum atomic E-state index is -3.71. The van der Waals surface area contributed by atoms with E-state index in [0.29, 0.717) is 18.8 Å². The van der Waals surface area contributed by atoms with Crippen LogP contribution in [0.25, 0.3) is 0 Å². The van der Waals surface area contributed by atoms with Crippen LogP contribution in [0.15, 0.2) is 47.4 Å². The molecular weight excluding hydrogens is 366 g/mol. The Morgan fingerprint density at radius 3 is 2.70 bits per heavy atom. The first-order chi connectivity index (χ1) is 12.8. The summed E-state index contributed by atoms with van der Waals surface area (Å²) in [6.07, 6.45) is 0. The summed E-state index contributed by atoms with van der Waals surface area (Å²) in [5.41, 5.74) is 2.73. The number of fused-ring (bicyclic) bond motifs is 1. The third-order valence-electron chi connectivity index (χ3n) is 4.29. The van der Waals surface area contributed by atoms with Crippen molar-refractivity contribution in [1.29, 1.82) is 0 Å². The Hall–Kier alpha value is -2.87. The van der Waals surface area contributed by atoms with Gasteiger partial charge in [-0.2, -0.15) is 0 Å². The summed E-state index contributed by atoms with van der Waals surface area (Å²) in [6, 6.07) is 12.0. The molecule has 0 radical (unpaired) electrons. The Kier molecular flexibility index (Phi) is 5.18. The highest BCUT2D eigenvalue weighted by Gasteiger charge is 2.29. The number of nitrogens with one attached hydrogen (secondary N) is 2. The Morgan fingerprint density at radius 1 is 1.22 bits per heavy atom. The van der Waals surface area contributed by atoms with E-state index in [9.17, 15) is 18.0 Å². The molecule has 2 aromatic carbocycles. The van der Waals surface area contributed by atoms with Gasteiger partial charge in [0, 0.05) is 18.8 Å². The van der Waals surface area contributed by atoms with Gasteiger partial charge in [0.2, 0.25) is 5.91 Å². The maximum Gasteiger partial charge on any atom is 0.322 e. The number of benzene rings is 2. The van der Waals surface area contributed by atoms with Crippen molar-refractivity contribution < 1.29 is 18.0 Å². The number of sulfone groups is 1. The van der Waals surface area contributed by atoms with Gasteiger partial charge in [-0.15, -0.1) is 0 Å². The van der Waals surface area contributed by atoms with Crippen molar-refractivity contribution in [2.75, 3.05) is 22.9 Å². The second-order valence-corrected chi connectivity index (χ2v) is 8.41. The average Bonchev–Trinajstić information content (AvgIpc) is 2.59. The number of amides is 3. The Balaban J connectivity index is 1.78. The molecule has 2 aromatic rings. The lowest BCUT2D eigenvalue weighted by atomic mass is 10.1. The highest BCUT2D eigenvalue weighted by atomic mass is 32.2. The van der Waals surface area contributed by atoms with E-state index >= 15 is 0 Å². The van der Waals surface area contributed by atoms with E-state index in [0.717, 1.165) is 11.1 Å². The van der Waals surface area contributed by atoms with Crippen LogP contribution in [-0.4, -0.2) is 37.6 Å². The van der Waals surface area contributed by atoms with E-state index in [2.05, 4.69) is 10.6 Å². The summed E-state index contributed by atoms with van der Waals surface area (Å²) in [5, 5.41) is 5.26. The maximum absolute atomic E-state index is 12.6. The quantitative estimate of drug-likeness (QED) is 0.843. The number of hydrogen-bond donors (Lipinski definition) is 2. The lowest BCUT2D eigenvalue weighted by Gasteiger charge is -2.23. The van der Waals surface area contributed by atoms with Crippen molar-refractivity contribution in [2.24, 2.45) is 0 Å². The van der Waals surface area contributed by atoms with E-state index in [1.807, 2.05) is 38.1 Å². The van der Waals surface area contributed by atoms with Crippen LogP contribution < -0.4 is 10.6 Å². The van der Waals surface area contributed by atoms with Gasteiger partial charge in [-0.25, -0.2) is 13.2 Å². The number of hydrogen-bond acceptors (Lipinski definition) is 4. The lowest BCUT2D eigenvalue weighted by Crippen LogP contribution is -2.34. The maximum atomic E-state index is 12.6. The number of aryl methyl sites for hydroxylation is 1. The van der Waals surface area contributed by atoms with E-state index in [4.69, 9.17) is 0 Å². The lowest BCUT2D eigenvalue weighted by molar-refractivity contribution is -0.114.